The van der Waals surface area contributed by atoms with Crippen LogP contribution in [0.3, 0.4) is 0 Å². The summed E-state index contributed by atoms with van der Waals surface area (Å²) in [7, 11) is 2.19. The predicted molar refractivity (Wildman–Crippen MR) is 128 cm³/mol. The van der Waals surface area contributed by atoms with E-state index in [0.29, 0.717) is 5.92 Å². The number of aryl methyl sites for hydroxylation is 3. The second kappa shape index (κ2) is 5.94. The third kappa shape index (κ3) is 2.14. The zero-order valence-corrected chi connectivity index (χ0v) is 18.4. The molecule has 6 aromatic rings. The van der Waals surface area contributed by atoms with E-state index in [1.165, 1.54) is 85.9 Å². The largest absolute Gasteiger partial charge is 0.292 e. The van der Waals surface area contributed by atoms with Crippen molar-refractivity contribution in [3.63, 3.8) is 0 Å². The maximum Gasteiger partial charge on any atom is 0.224 e. The first-order valence-electron chi connectivity index (χ1n) is 11.5. The van der Waals surface area contributed by atoms with Gasteiger partial charge in [-0.25, -0.2) is 9.55 Å². The van der Waals surface area contributed by atoms with Gasteiger partial charge in [0.15, 0.2) is 6.20 Å². The van der Waals surface area contributed by atoms with Crippen LogP contribution in [-0.4, -0.2) is 9.38 Å². The van der Waals surface area contributed by atoms with Gasteiger partial charge in [0, 0.05) is 23.0 Å². The van der Waals surface area contributed by atoms with Crippen LogP contribution in [0.1, 0.15) is 48.3 Å². The van der Waals surface area contributed by atoms with Gasteiger partial charge in [-0.2, -0.15) is 0 Å². The van der Waals surface area contributed by atoms with E-state index in [4.69, 9.17) is 4.98 Å². The summed E-state index contributed by atoms with van der Waals surface area (Å²) in [5, 5.41) is 6.64. The first-order chi connectivity index (χ1) is 15.1. The van der Waals surface area contributed by atoms with Crippen LogP contribution >= 0.6 is 0 Å². The van der Waals surface area contributed by atoms with Gasteiger partial charge in [0.25, 0.3) is 0 Å². The molecule has 3 heteroatoms. The van der Waals surface area contributed by atoms with Crippen LogP contribution in [0.25, 0.3) is 49.1 Å². The van der Waals surface area contributed by atoms with Crippen molar-refractivity contribution in [2.24, 2.45) is 7.05 Å². The van der Waals surface area contributed by atoms with E-state index in [1.807, 2.05) is 6.20 Å². The van der Waals surface area contributed by atoms with Gasteiger partial charge in [-0.1, -0.05) is 18.9 Å². The van der Waals surface area contributed by atoms with Crippen LogP contribution < -0.4 is 4.57 Å². The van der Waals surface area contributed by atoms with E-state index in [-0.39, 0.29) is 0 Å². The first kappa shape index (κ1) is 17.5. The standard InChI is InChI=1S/C28H26N3/c1-16-13-22-21-9-6-11-29-28(21)31-23-15-20(18-7-4-5-8-18)14-19-10-12-30(3)27(25(19)23)24(17(16)2)26(22)31/h6,9-15,18H,4-5,7-8H2,1-3H3/q+1. The van der Waals surface area contributed by atoms with Crippen molar-refractivity contribution in [3.8, 4) is 0 Å². The van der Waals surface area contributed by atoms with E-state index in [9.17, 15) is 0 Å². The van der Waals surface area contributed by atoms with Crippen LogP contribution in [0.4, 0.5) is 0 Å². The molecule has 0 atom stereocenters. The average molecular weight is 405 g/mol. The fraction of sp³-hybridized carbons (Fsp3) is 0.286. The molecule has 2 aromatic carbocycles. The zero-order chi connectivity index (χ0) is 20.9. The quantitative estimate of drug-likeness (QED) is 0.174. The lowest BCUT2D eigenvalue weighted by molar-refractivity contribution is -0.643. The van der Waals surface area contributed by atoms with Gasteiger partial charge in [-0.3, -0.25) is 4.40 Å². The molecular weight excluding hydrogens is 378 g/mol. The molecule has 1 aliphatic rings. The molecule has 0 saturated heterocycles. The summed E-state index contributed by atoms with van der Waals surface area (Å²) in [6, 6.07) is 13.9. The van der Waals surface area contributed by atoms with Crippen LogP contribution in [0.2, 0.25) is 0 Å². The van der Waals surface area contributed by atoms with Crippen LogP contribution in [-0.2, 0) is 7.05 Å². The Balaban J connectivity index is 1.84. The highest BCUT2D eigenvalue weighted by Gasteiger charge is 2.26. The fourth-order valence-corrected chi connectivity index (χ4v) is 6.23. The number of fused-ring (bicyclic) bond motifs is 5. The molecule has 0 bridgehead atoms. The van der Waals surface area contributed by atoms with E-state index in [0.717, 1.165) is 5.65 Å². The van der Waals surface area contributed by atoms with E-state index in [2.05, 4.69) is 72.5 Å². The number of nitrogens with zero attached hydrogens (tertiary/aromatic N) is 3. The molecule has 1 fully saturated rings. The van der Waals surface area contributed by atoms with Gasteiger partial charge in [0.2, 0.25) is 5.52 Å². The molecule has 0 radical (unpaired) electrons. The molecule has 4 aromatic heterocycles. The molecule has 0 N–H and O–H groups in total. The maximum absolute atomic E-state index is 4.89. The maximum atomic E-state index is 4.89. The van der Waals surface area contributed by atoms with Crippen LogP contribution in [0.15, 0.2) is 48.8 Å². The molecule has 1 saturated carbocycles. The third-order valence-corrected chi connectivity index (χ3v) is 7.87. The Labute approximate surface area is 181 Å². The SMILES string of the molecule is Cc1cc2c3cccnc3n3c4cc(C5CCCC5)cc5cc[n+](C)c(c(c1C)c23)c54. The predicted octanol–water partition coefficient (Wildman–Crippen LogP) is 6.48. The van der Waals surface area contributed by atoms with Gasteiger partial charge < -0.3 is 0 Å². The third-order valence-electron chi connectivity index (χ3n) is 7.87. The highest BCUT2D eigenvalue weighted by atomic mass is 15.0. The minimum Gasteiger partial charge on any atom is -0.292 e. The lowest BCUT2D eigenvalue weighted by Crippen LogP contribution is -2.29. The number of benzene rings is 2. The van der Waals surface area contributed by atoms with Crippen LogP contribution in [0.5, 0.6) is 0 Å². The summed E-state index contributed by atoms with van der Waals surface area (Å²) in [6.45, 7) is 4.51. The second-order valence-electron chi connectivity index (χ2n) is 9.56. The highest BCUT2D eigenvalue weighted by Crippen LogP contribution is 2.43. The normalized spacial score (nSPS) is 15.6. The molecule has 1 aliphatic carbocycles. The second-order valence-corrected chi connectivity index (χ2v) is 9.56. The summed E-state index contributed by atoms with van der Waals surface area (Å²) >= 11 is 0. The lowest BCUT2D eigenvalue weighted by atomic mass is 9.92. The smallest absolute Gasteiger partial charge is 0.224 e. The number of aromatic nitrogens is 3. The van der Waals surface area contributed by atoms with E-state index in [1.54, 1.807) is 0 Å². The van der Waals surface area contributed by atoms with Crippen molar-refractivity contribution >= 4 is 49.1 Å². The molecule has 7 rings (SSSR count). The van der Waals surface area contributed by atoms with Gasteiger partial charge in [-0.15, -0.1) is 0 Å². The molecule has 0 aliphatic heterocycles. The minimum atomic E-state index is 0.685. The molecule has 31 heavy (non-hydrogen) atoms. The Kier molecular flexibility index (Phi) is 3.35. The molecule has 4 heterocycles. The molecule has 0 spiro atoms. The topological polar surface area (TPSA) is 21.2 Å². The highest BCUT2D eigenvalue weighted by molar-refractivity contribution is 6.25. The Hall–Kier alpha value is -3.20. The van der Waals surface area contributed by atoms with Gasteiger partial charge >= 0.3 is 0 Å². The summed E-state index contributed by atoms with van der Waals surface area (Å²) in [5.74, 6) is 0.685. The van der Waals surface area contributed by atoms with Crippen molar-refractivity contribution in [1.29, 1.82) is 0 Å². The van der Waals surface area contributed by atoms with Crippen molar-refractivity contribution in [2.45, 2.75) is 45.4 Å². The molecular formula is C28H26N3+. The Bertz CT molecular complexity index is 1670. The zero-order valence-electron chi connectivity index (χ0n) is 18.4. The number of rotatable bonds is 1. The number of hydrogen-bond acceptors (Lipinski definition) is 1. The van der Waals surface area contributed by atoms with Gasteiger partial charge in [0.05, 0.1) is 21.8 Å². The summed E-state index contributed by atoms with van der Waals surface area (Å²) in [5.41, 5.74) is 9.24. The van der Waals surface area contributed by atoms with Crippen molar-refractivity contribution in [3.05, 3.63) is 65.5 Å². The Morgan fingerprint density at radius 1 is 1.00 bits per heavy atom. The molecule has 0 unspecified atom stereocenters. The number of hydrogen-bond donors (Lipinski definition) is 0. The summed E-state index contributed by atoms with van der Waals surface area (Å²) < 4.78 is 4.77. The van der Waals surface area contributed by atoms with Crippen molar-refractivity contribution in [1.82, 2.24) is 9.38 Å². The molecule has 152 valence electrons. The monoisotopic (exact) mass is 404 g/mol. The Morgan fingerprint density at radius 3 is 2.68 bits per heavy atom. The lowest BCUT2D eigenvalue weighted by Gasteiger charge is -2.17. The average Bonchev–Trinajstić information content (AvgIpc) is 3.42. The number of pyridine rings is 3. The van der Waals surface area contributed by atoms with Gasteiger partial charge in [0.1, 0.15) is 12.7 Å². The van der Waals surface area contributed by atoms with Gasteiger partial charge in [-0.05, 0) is 78.9 Å². The Morgan fingerprint density at radius 2 is 1.84 bits per heavy atom. The van der Waals surface area contributed by atoms with Crippen LogP contribution in [0, 0.1) is 13.8 Å². The van der Waals surface area contributed by atoms with E-state index >= 15 is 0 Å². The van der Waals surface area contributed by atoms with Crippen molar-refractivity contribution < 1.29 is 4.57 Å². The first-order valence-corrected chi connectivity index (χ1v) is 11.5. The summed E-state index contributed by atoms with van der Waals surface area (Å²) in [6.07, 6.45) is 9.51. The summed E-state index contributed by atoms with van der Waals surface area (Å²) in [4.78, 5) is 4.89. The van der Waals surface area contributed by atoms with Crippen molar-refractivity contribution in [2.75, 3.05) is 0 Å². The molecule has 0 amide bonds. The fourth-order valence-electron chi connectivity index (χ4n) is 6.23. The van der Waals surface area contributed by atoms with E-state index < -0.39 is 0 Å². The minimum absolute atomic E-state index is 0.685. The molecule has 3 nitrogen and oxygen atoms in total.